The maximum Gasteiger partial charge on any atom is 0.191 e. The molecule has 1 saturated carbocycles. The van der Waals surface area contributed by atoms with E-state index in [0.717, 1.165) is 38.7 Å². The van der Waals surface area contributed by atoms with Gasteiger partial charge in [0.1, 0.15) is 5.01 Å². The molecule has 2 aromatic rings. The van der Waals surface area contributed by atoms with Crippen molar-refractivity contribution in [1.82, 2.24) is 15.6 Å². The fraction of sp³-hybridized carbons (Fsp3) is 0.429. The molecule has 106 valence electrons. The molecule has 3 rings (SSSR count). The van der Waals surface area contributed by atoms with Crippen LogP contribution in [0.5, 0.6) is 0 Å². The lowest BCUT2D eigenvalue weighted by Crippen LogP contribution is -2.37. The number of guanidine groups is 1. The first kappa shape index (κ1) is 13.6. The van der Waals surface area contributed by atoms with Gasteiger partial charge < -0.3 is 10.6 Å². The maximum absolute atomic E-state index is 5.97. The molecular formula is C14H17ClN4S. The summed E-state index contributed by atoms with van der Waals surface area (Å²) in [6.45, 7) is 1.69. The number of hydrogen-bond donors (Lipinski definition) is 2. The highest BCUT2D eigenvalue weighted by atomic mass is 35.5. The van der Waals surface area contributed by atoms with Gasteiger partial charge in [-0.3, -0.25) is 4.99 Å². The lowest BCUT2D eigenvalue weighted by molar-refractivity contribution is 0.737. The van der Waals surface area contributed by atoms with Crippen LogP contribution in [0, 0.1) is 5.92 Å². The van der Waals surface area contributed by atoms with Crippen molar-refractivity contribution in [3.05, 3.63) is 28.2 Å². The van der Waals surface area contributed by atoms with Crippen LogP contribution in [0.1, 0.15) is 17.8 Å². The summed E-state index contributed by atoms with van der Waals surface area (Å²) in [6.07, 6.45) is 2.67. The second-order valence-corrected chi connectivity index (χ2v) is 6.52. The van der Waals surface area contributed by atoms with E-state index in [0.29, 0.717) is 6.54 Å². The van der Waals surface area contributed by atoms with Crippen LogP contribution < -0.4 is 10.6 Å². The predicted octanol–water partition coefficient (Wildman–Crippen LogP) is 3.02. The van der Waals surface area contributed by atoms with Crippen molar-refractivity contribution >= 4 is 39.1 Å². The Morgan fingerprint density at radius 2 is 2.30 bits per heavy atom. The zero-order chi connectivity index (χ0) is 13.9. The SMILES string of the molecule is CN=C(NCc1nc2cc(Cl)ccc2s1)NCC1CC1. The fourth-order valence-corrected chi connectivity index (χ4v) is 3.02. The Balaban J connectivity index is 1.60. The van der Waals surface area contributed by atoms with Gasteiger partial charge in [0, 0.05) is 18.6 Å². The van der Waals surface area contributed by atoms with E-state index in [4.69, 9.17) is 11.6 Å². The van der Waals surface area contributed by atoms with Gasteiger partial charge in [0.25, 0.3) is 0 Å². The summed E-state index contributed by atoms with van der Waals surface area (Å²) in [7, 11) is 1.79. The summed E-state index contributed by atoms with van der Waals surface area (Å²) < 4.78 is 1.16. The second kappa shape index (κ2) is 5.97. The van der Waals surface area contributed by atoms with Gasteiger partial charge in [-0.25, -0.2) is 4.98 Å². The molecule has 0 atom stereocenters. The molecule has 20 heavy (non-hydrogen) atoms. The van der Waals surface area contributed by atoms with Crippen molar-refractivity contribution in [2.45, 2.75) is 19.4 Å². The van der Waals surface area contributed by atoms with Crippen LogP contribution in [0.4, 0.5) is 0 Å². The normalized spacial score (nSPS) is 15.6. The minimum atomic E-state index is 0.682. The highest BCUT2D eigenvalue weighted by molar-refractivity contribution is 7.18. The van der Waals surface area contributed by atoms with E-state index < -0.39 is 0 Å². The van der Waals surface area contributed by atoms with Crippen molar-refractivity contribution in [2.75, 3.05) is 13.6 Å². The topological polar surface area (TPSA) is 49.3 Å². The molecule has 0 spiro atoms. The van der Waals surface area contributed by atoms with Crippen LogP contribution in [-0.4, -0.2) is 24.5 Å². The van der Waals surface area contributed by atoms with Crippen LogP contribution in [0.15, 0.2) is 23.2 Å². The fourth-order valence-electron chi connectivity index (χ4n) is 1.97. The van der Waals surface area contributed by atoms with Crippen molar-refractivity contribution in [3.63, 3.8) is 0 Å². The number of hydrogen-bond acceptors (Lipinski definition) is 3. The minimum Gasteiger partial charge on any atom is -0.356 e. The summed E-state index contributed by atoms with van der Waals surface area (Å²) in [5.41, 5.74) is 0.959. The van der Waals surface area contributed by atoms with Crippen LogP contribution in [0.3, 0.4) is 0 Å². The molecule has 6 heteroatoms. The Labute approximate surface area is 127 Å². The smallest absolute Gasteiger partial charge is 0.191 e. The van der Waals surface area contributed by atoms with Gasteiger partial charge in [-0.1, -0.05) is 11.6 Å². The van der Waals surface area contributed by atoms with Crippen LogP contribution in [-0.2, 0) is 6.54 Å². The molecule has 1 aromatic heterocycles. The molecule has 1 fully saturated rings. The third kappa shape index (κ3) is 3.41. The van der Waals surface area contributed by atoms with E-state index in [9.17, 15) is 0 Å². The number of thiazole rings is 1. The van der Waals surface area contributed by atoms with Crippen molar-refractivity contribution < 1.29 is 0 Å². The molecular weight excluding hydrogens is 292 g/mol. The van der Waals surface area contributed by atoms with E-state index in [1.54, 1.807) is 18.4 Å². The molecule has 1 heterocycles. The number of fused-ring (bicyclic) bond motifs is 1. The molecule has 1 aliphatic rings. The Bertz CT molecular complexity index is 633. The zero-order valence-electron chi connectivity index (χ0n) is 11.3. The standard InChI is InChI=1S/C14H17ClN4S/c1-16-14(17-7-9-2-3-9)18-8-13-19-11-6-10(15)4-5-12(11)20-13/h4-6,9H,2-3,7-8H2,1H3,(H2,16,17,18). The largest absolute Gasteiger partial charge is 0.356 e. The lowest BCUT2D eigenvalue weighted by atomic mass is 10.3. The third-order valence-electron chi connectivity index (χ3n) is 3.28. The molecule has 0 amide bonds. The number of nitrogens with zero attached hydrogens (tertiary/aromatic N) is 2. The second-order valence-electron chi connectivity index (χ2n) is 4.97. The summed E-state index contributed by atoms with van der Waals surface area (Å²) in [5.74, 6) is 1.67. The molecule has 0 radical (unpaired) electrons. The van der Waals surface area contributed by atoms with Crippen LogP contribution in [0.25, 0.3) is 10.2 Å². The van der Waals surface area contributed by atoms with E-state index >= 15 is 0 Å². The Hall–Kier alpha value is -1.33. The number of nitrogens with one attached hydrogen (secondary N) is 2. The summed E-state index contributed by atoms with van der Waals surface area (Å²) >= 11 is 7.65. The molecule has 0 aliphatic heterocycles. The average molecular weight is 309 g/mol. The van der Waals surface area contributed by atoms with Crippen molar-refractivity contribution in [3.8, 4) is 0 Å². The van der Waals surface area contributed by atoms with E-state index in [1.807, 2.05) is 18.2 Å². The number of aromatic nitrogens is 1. The number of halogens is 1. The first-order chi connectivity index (χ1) is 9.74. The van der Waals surface area contributed by atoms with E-state index in [2.05, 4.69) is 20.6 Å². The minimum absolute atomic E-state index is 0.682. The van der Waals surface area contributed by atoms with Gasteiger partial charge in [0.15, 0.2) is 5.96 Å². The third-order valence-corrected chi connectivity index (χ3v) is 4.55. The summed E-state index contributed by atoms with van der Waals surface area (Å²) in [5, 5.41) is 8.40. The number of rotatable bonds is 4. The maximum atomic E-state index is 5.97. The van der Waals surface area contributed by atoms with Gasteiger partial charge in [0.05, 0.1) is 16.8 Å². The molecule has 4 nitrogen and oxygen atoms in total. The Kier molecular flexibility index (Phi) is 4.08. The molecule has 1 aliphatic carbocycles. The number of benzene rings is 1. The van der Waals surface area contributed by atoms with Gasteiger partial charge in [-0.05, 0) is 37.0 Å². The van der Waals surface area contributed by atoms with Crippen LogP contribution >= 0.6 is 22.9 Å². The van der Waals surface area contributed by atoms with Gasteiger partial charge in [-0.2, -0.15) is 0 Å². The van der Waals surface area contributed by atoms with Crippen molar-refractivity contribution in [2.24, 2.45) is 10.9 Å². The van der Waals surface area contributed by atoms with Gasteiger partial charge in [-0.15, -0.1) is 11.3 Å². The molecule has 0 saturated heterocycles. The van der Waals surface area contributed by atoms with Crippen LogP contribution in [0.2, 0.25) is 5.02 Å². The van der Waals surface area contributed by atoms with Gasteiger partial charge in [0.2, 0.25) is 0 Å². The highest BCUT2D eigenvalue weighted by Gasteiger charge is 2.21. The average Bonchev–Trinajstić information content (AvgIpc) is 3.18. The Morgan fingerprint density at radius 3 is 3.05 bits per heavy atom. The zero-order valence-corrected chi connectivity index (χ0v) is 12.9. The Morgan fingerprint density at radius 1 is 1.45 bits per heavy atom. The summed E-state index contributed by atoms with van der Waals surface area (Å²) in [6, 6.07) is 5.81. The first-order valence-corrected chi connectivity index (χ1v) is 7.93. The first-order valence-electron chi connectivity index (χ1n) is 6.74. The van der Waals surface area contributed by atoms with E-state index in [-0.39, 0.29) is 0 Å². The molecule has 0 bridgehead atoms. The monoisotopic (exact) mass is 308 g/mol. The van der Waals surface area contributed by atoms with Gasteiger partial charge >= 0.3 is 0 Å². The lowest BCUT2D eigenvalue weighted by Gasteiger charge is -2.09. The number of aliphatic imine (C=N–C) groups is 1. The predicted molar refractivity (Wildman–Crippen MR) is 85.6 cm³/mol. The summed E-state index contributed by atoms with van der Waals surface area (Å²) in [4.78, 5) is 8.80. The molecule has 0 unspecified atom stereocenters. The van der Waals surface area contributed by atoms with Crippen molar-refractivity contribution in [1.29, 1.82) is 0 Å². The van der Waals surface area contributed by atoms with E-state index in [1.165, 1.54) is 12.8 Å². The quantitative estimate of drug-likeness (QED) is 0.674. The molecule has 1 aromatic carbocycles. The molecule has 2 N–H and O–H groups in total. The highest BCUT2D eigenvalue weighted by Crippen LogP contribution is 2.27.